The number of nitrogens with zero attached hydrogens (tertiary/aromatic N) is 1. The fraction of sp³-hybridized carbons (Fsp3) is 0.357. The van der Waals surface area contributed by atoms with E-state index in [4.69, 9.17) is 0 Å². The first-order valence-electron chi connectivity index (χ1n) is 6.08. The van der Waals surface area contributed by atoms with Crippen LogP contribution in [0.4, 0.5) is 4.39 Å². The molecular formula is C14H17FN2S. The van der Waals surface area contributed by atoms with Crippen molar-refractivity contribution in [2.24, 2.45) is 0 Å². The molecule has 0 spiro atoms. The molecule has 0 aliphatic heterocycles. The van der Waals surface area contributed by atoms with E-state index in [9.17, 15) is 4.39 Å². The first-order chi connectivity index (χ1) is 8.72. The summed E-state index contributed by atoms with van der Waals surface area (Å²) >= 11 is 1.61. The summed E-state index contributed by atoms with van der Waals surface area (Å²) in [5, 5.41) is 3.34. The molecule has 2 nitrogen and oxygen atoms in total. The van der Waals surface area contributed by atoms with Gasteiger partial charge in [0.05, 0.1) is 5.51 Å². The highest BCUT2D eigenvalue weighted by molar-refractivity contribution is 7.09. The molecule has 0 saturated carbocycles. The predicted octanol–water partition coefficient (Wildman–Crippen LogP) is 3.48. The van der Waals surface area contributed by atoms with Crippen molar-refractivity contribution in [1.29, 1.82) is 0 Å². The number of halogens is 1. The molecule has 96 valence electrons. The predicted molar refractivity (Wildman–Crippen MR) is 73.4 cm³/mol. The zero-order valence-electron chi connectivity index (χ0n) is 10.6. The monoisotopic (exact) mass is 264 g/mol. The molecule has 1 atom stereocenters. The number of nitrogens with one attached hydrogen (secondary N) is 1. The number of likely N-dealkylation sites (N-methyl/N-ethyl adjacent to an activating group) is 1. The maximum absolute atomic E-state index is 14.2. The van der Waals surface area contributed by atoms with Gasteiger partial charge in [-0.1, -0.05) is 25.1 Å². The second-order valence-electron chi connectivity index (χ2n) is 4.26. The van der Waals surface area contributed by atoms with Crippen LogP contribution in [0.15, 0.2) is 29.9 Å². The fourth-order valence-electron chi connectivity index (χ4n) is 2.02. The van der Waals surface area contributed by atoms with Gasteiger partial charge in [-0.2, -0.15) is 0 Å². The summed E-state index contributed by atoms with van der Waals surface area (Å²) in [5.41, 5.74) is 3.25. The fourth-order valence-corrected chi connectivity index (χ4v) is 2.66. The lowest BCUT2D eigenvalue weighted by Crippen LogP contribution is -2.23. The number of aryl methyl sites for hydroxylation is 1. The number of benzene rings is 1. The van der Waals surface area contributed by atoms with E-state index in [2.05, 4.69) is 10.3 Å². The van der Waals surface area contributed by atoms with Gasteiger partial charge in [-0.05, 0) is 19.0 Å². The molecule has 1 aromatic heterocycles. The van der Waals surface area contributed by atoms with E-state index in [0.29, 0.717) is 5.56 Å². The Kier molecular flexibility index (Phi) is 4.44. The molecule has 0 fully saturated rings. The van der Waals surface area contributed by atoms with Gasteiger partial charge in [0.15, 0.2) is 0 Å². The number of hydrogen-bond acceptors (Lipinski definition) is 3. The third-order valence-corrected chi connectivity index (χ3v) is 3.74. The van der Waals surface area contributed by atoms with Gasteiger partial charge in [-0.15, -0.1) is 11.3 Å². The second-order valence-corrected chi connectivity index (χ2v) is 5.23. The molecule has 1 aromatic carbocycles. The number of thiazole rings is 1. The molecule has 1 N–H and O–H groups in total. The van der Waals surface area contributed by atoms with E-state index in [1.165, 1.54) is 4.88 Å². The van der Waals surface area contributed by atoms with Crippen LogP contribution in [0.3, 0.4) is 0 Å². The molecule has 0 saturated heterocycles. The number of hydrogen-bond donors (Lipinski definition) is 1. The van der Waals surface area contributed by atoms with Crippen LogP contribution in [-0.2, 0) is 6.42 Å². The van der Waals surface area contributed by atoms with Gasteiger partial charge in [0.25, 0.3) is 0 Å². The molecule has 0 aliphatic carbocycles. The van der Waals surface area contributed by atoms with Crippen LogP contribution in [0, 0.1) is 12.7 Å². The summed E-state index contributed by atoms with van der Waals surface area (Å²) in [7, 11) is 0. The van der Waals surface area contributed by atoms with Crippen LogP contribution in [0.5, 0.6) is 0 Å². The molecule has 0 bridgehead atoms. The molecule has 2 rings (SSSR count). The van der Waals surface area contributed by atoms with Gasteiger partial charge in [-0.25, -0.2) is 4.39 Å². The largest absolute Gasteiger partial charge is 0.310 e. The topological polar surface area (TPSA) is 24.9 Å². The minimum atomic E-state index is -0.104. The van der Waals surface area contributed by atoms with Crippen molar-refractivity contribution in [3.05, 3.63) is 51.7 Å². The lowest BCUT2D eigenvalue weighted by Gasteiger charge is -2.19. The van der Waals surface area contributed by atoms with Crippen LogP contribution in [0.2, 0.25) is 0 Å². The summed E-state index contributed by atoms with van der Waals surface area (Å²) in [6.45, 7) is 4.65. The van der Waals surface area contributed by atoms with Crippen LogP contribution < -0.4 is 5.32 Å². The summed E-state index contributed by atoms with van der Waals surface area (Å²) in [5.74, 6) is -0.104. The zero-order chi connectivity index (χ0) is 13.0. The van der Waals surface area contributed by atoms with Crippen molar-refractivity contribution in [2.75, 3.05) is 6.54 Å². The van der Waals surface area contributed by atoms with Gasteiger partial charge in [0.1, 0.15) is 5.82 Å². The third-order valence-electron chi connectivity index (χ3n) is 2.94. The smallest absolute Gasteiger partial charge is 0.130 e. The van der Waals surface area contributed by atoms with Crippen molar-refractivity contribution in [3.8, 4) is 0 Å². The van der Waals surface area contributed by atoms with Crippen LogP contribution in [0.25, 0.3) is 0 Å². The Labute approximate surface area is 111 Å². The van der Waals surface area contributed by atoms with Gasteiger partial charge in [-0.3, -0.25) is 4.98 Å². The first-order valence-corrected chi connectivity index (χ1v) is 6.96. The number of aromatic nitrogens is 1. The third kappa shape index (κ3) is 2.94. The van der Waals surface area contributed by atoms with Crippen LogP contribution >= 0.6 is 11.3 Å². The maximum Gasteiger partial charge on any atom is 0.130 e. The van der Waals surface area contributed by atoms with Crippen molar-refractivity contribution >= 4 is 11.3 Å². The Morgan fingerprint density at radius 3 is 2.94 bits per heavy atom. The first kappa shape index (κ1) is 13.2. The van der Waals surface area contributed by atoms with E-state index < -0.39 is 0 Å². The van der Waals surface area contributed by atoms with Crippen LogP contribution in [0.1, 0.15) is 29.0 Å². The maximum atomic E-state index is 14.2. The molecule has 4 heteroatoms. The molecule has 18 heavy (non-hydrogen) atoms. The molecular weight excluding hydrogens is 247 g/mol. The van der Waals surface area contributed by atoms with Crippen molar-refractivity contribution < 1.29 is 4.39 Å². The van der Waals surface area contributed by atoms with Gasteiger partial charge < -0.3 is 5.32 Å². The minimum absolute atomic E-state index is 0.00958. The lowest BCUT2D eigenvalue weighted by molar-refractivity contribution is 0.509. The Bertz CT molecular complexity index is 497. The summed E-state index contributed by atoms with van der Waals surface area (Å²) in [4.78, 5) is 5.23. The molecule has 0 radical (unpaired) electrons. The van der Waals surface area contributed by atoms with Crippen LogP contribution in [-0.4, -0.2) is 11.5 Å². The van der Waals surface area contributed by atoms with Gasteiger partial charge >= 0.3 is 0 Å². The molecule has 0 aliphatic rings. The van der Waals surface area contributed by atoms with Gasteiger partial charge in [0, 0.05) is 29.1 Å². The van der Waals surface area contributed by atoms with E-state index >= 15 is 0 Å². The minimum Gasteiger partial charge on any atom is -0.310 e. The Balaban J connectivity index is 2.26. The van der Waals surface area contributed by atoms with Gasteiger partial charge in [0.2, 0.25) is 0 Å². The van der Waals surface area contributed by atoms with Crippen molar-refractivity contribution in [2.45, 2.75) is 26.3 Å². The molecule has 0 amide bonds. The highest BCUT2D eigenvalue weighted by atomic mass is 32.1. The number of rotatable bonds is 5. The standard InChI is InChI=1S/C14H17FN2S/c1-3-17-13(7-11-8-16-9-18-11)12-6-4-5-10(2)14(12)15/h4-6,8-9,13,17H,3,7H2,1-2H3. The Hall–Kier alpha value is -1.26. The molecule has 1 unspecified atom stereocenters. The molecule has 2 aromatic rings. The Morgan fingerprint density at radius 2 is 2.28 bits per heavy atom. The highest BCUT2D eigenvalue weighted by Gasteiger charge is 2.17. The SMILES string of the molecule is CCNC(Cc1cncs1)c1cccc(C)c1F. The highest BCUT2D eigenvalue weighted by Crippen LogP contribution is 2.24. The lowest BCUT2D eigenvalue weighted by atomic mass is 10.00. The quantitative estimate of drug-likeness (QED) is 0.894. The van der Waals surface area contributed by atoms with E-state index in [1.54, 1.807) is 24.3 Å². The zero-order valence-corrected chi connectivity index (χ0v) is 11.4. The van der Waals surface area contributed by atoms with Crippen molar-refractivity contribution in [3.63, 3.8) is 0 Å². The van der Waals surface area contributed by atoms with E-state index in [1.807, 2.05) is 30.8 Å². The second kappa shape index (κ2) is 6.07. The Morgan fingerprint density at radius 1 is 1.44 bits per heavy atom. The average Bonchev–Trinajstić information content (AvgIpc) is 2.85. The summed E-state index contributed by atoms with van der Waals surface area (Å²) in [6, 6.07) is 5.58. The van der Waals surface area contributed by atoms with E-state index in [-0.39, 0.29) is 11.9 Å². The van der Waals surface area contributed by atoms with E-state index in [0.717, 1.165) is 18.5 Å². The normalized spacial score (nSPS) is 12.6. The summed E-state index contributed by atoms with van der Waals surface area (Å²) in [6.07, 6.45) is 2.63. The van der Waals surface area contributed by atoms with Crippen molar-refractivity contribution in [1.82, 2.24) is 10.3 Å². The average molecular weight is 264 g/mol. The molecule has 1 heterocycles. The summed E-state index contributed by atoms with van der Waals surface area (Å²) < 4.78 is 14.2.